The maximum absolute atomic E-state index is 4.50. The summed E-state index contributed by atoms with van der Waals surface area (Å²) in [4.78, 5) is 0. The van der Waals surface area contributed by atoms with Crippen molar-refractivity contribution in [2.75, 3.05) is 7.05 Å². The highest BCUT2D eigenvalue weighted by Gasteiger charge is 1.59. The predicted octanol–water partition coefficient (Wildman–Crippen LogP) is 3.18. The Bertz CT molecular complexity index is 157. The number of nitrogens with one attached hydrogen (secondary N) is 1. The molecule has 3 N–H and O–H groups in total. The van der Waals surface area contributed by atoms with Crippen molar-refractivity contribution in [2.45, 2.75) is 27.7 Å². The molecular formula is C11H24N4S. The van der Waals surface area contributed by atoms with Crippen molar-refractivity contribution in [3.63, 3.8) is 0 Å². The average Bonchev–Trinajstić information content (AvgIpc) is 3.14. The van der Waals surface area contributed by atoms with Crippen LogP contribution in [0.25, 0.3) is 0 Å². The monoisotopic (exact) mass is 244 g/mol. The van der Waals surface area contributed by atoms with E-state index >= 15 is 0 Å². The molecule has 5 heteroatoms. The topological polar surface area (TPSA) is 67.6 Å². The minimum atomic E-state index is 1.46. The van der Waals surface area contributed by atoms with Gasteiger partial charge in [-0.15, -0.1) is 0 Å². The lowest BCUT2D eigenvalue weighted by Crippen LogP contribution is -1.69. The van der Waals surface area contributed by atoms with Crippen molar-refractivity contribution >= 4 is 11.5 Å². The molecule has 2 heterocycles. The molecule has 0 bridgehead atoms. The molecule has 0 spiro atoms. The third kappa shape index (κ3) is 23.0. The van der Waals surface area contributed by atoms with Crippen molar-refractivity contribution in [2.24, 2.45) is 5.73 Å². The van der Waals surface area contributed by atoms with Crippen LogP contribution in [-0.2, 0) is 0 Å². The summed E-state index contributed by atoms with van der Waals surface area (Å²) in [7, 11) is 1.50. The molecule has 0 aliphatic heterocycles. The number of nitrogens with two attached hydrogens (primary N) is 1. The number of aromatic nitrogens is 3. The molecule has 0 amide bonds. The Hall–Kier alpha value is -1.20. The van der Waals surface area contributed by atoms with Crippen LogP contribution in [0.15, 0.2) is 36.1 Å². The molecule has 2 rings (SSSR count). The highest BCUT2D eigenvalue weighted by atomic mass is 32.1. The van der Waals surface area contributed by atoms with Gasteiger partial charge in [-0.25, -0.2) is 4.37 Å². The Morgan fingerprint density at radius 3 is 1.75 bits per heavy atom. The van der Waals surface area contributed by atoms with Gasteiger partial charge in [-0.1, -0.05) is 27.7 Å². The largest absolute Gasteiger partial charge is 0.333 e. The molecule has 0 aliphatic rings. The van der Waals surface area contributed by atoms with Gasteiger partial charge in [0.05, 0.1) is 0 Å². The molecule has 94 valence electrons. The summed E-state index contributed by atoms with van der Waals surface area (Å²) in [6.07, 6.45) is 5.23. The molecule has 0 aromatic carbocycles. The Kier molecular flexibility index (Phi) is 36.9. The van der Waals surface area contributed by atoms with E-state index in [0.29, 0.717) is 0 Å². The minimum Gasteiger partial charge on any atom is -0.333 e. The van der Waals surface area contributed by atoms with Gasteiger partial charge in [0.15, 0.2) is 0 Å². The Labute approximate surface area is 103 Å². The smallest absolute Gasteiger partial charge is 0.0487 e. The summed E-state index contributed by atoms with van der Waals surface area (Å²) in [5, 5.41) is 8.14. The van der Waals surface area contributed by atoms with Gasteiger partial charge >= 0.3 is 0 Å². The third-order valence-electron chi connectivity index (χ3n) is 0.753. The van der Waals surface area contributed by atoms with Gasteiger partial charge in [0.25, 0.3) is 0 Å². The van der Waals surface area contributed by atoms with Gasteiger partial charge in [0.2, 0.25) is 0 Å². The first-order valence-corrected chi connectivity index (χ1v) is 6.19. The van der Waals surface area contributed by atoms with Crippen LogP contribution in [0.1, 0.15) is 27.7 Å². The zero-order valence-electron chi connectivity index (χ0n) is 10.8. The number of aromatic amines is 1. The predicted molar refractivity (Wildman–Crippen MR) is 73.5 cm³/mol. The minimum absolute atomic E-state index is 1.46. The fourth-order valence-corrected chi connectivity index (χ4v) is 0.742. The summed E-state index contributed by atoms with van der Waals surface area (Å²) in [6.45, 7) is 8.00. The molecule has 0 aliphatic carbocycles. The lowest BCUT2D eigenvalue weighted by atomic mass is 10.8. The van der Waals surface area contributed by atoms with E-state index in [1.165, 1.54) is 18.6 Å². The Balaban J connectivity index is -0.000000146. The Morgan fingerprint density at radius 2 is 1.62 bits per heavy atom. The molecule has 2 aromatic heterocycles. The normalized spacial score (nSPS) is 6.12. The van der Waals surface area contributed by atoms with Crippen LogP contribution in [0.3, 0.4) is 0 Å². The molecule has 4 nitrogen and oxygen atoms in total. The number of H-pyrrole nitrogens is 1. The SMILES string of the molecule is CC.CC.CN.c1cn[nH]c1.c1cnsc1. The number of hydrogen-bond donors (Lipinski definition) is 2. The molecular weight excluding hydrogens is 220 g/mol. The quantitative estimate of drug-likeness (QED) is 0.748. The van der Waals surface area contributed by atoms with Crippen LogP contribution in [0, 0.1) is 0 Å². The van der Waals surface area contributed by atoms with E-state index in [4.69, 9.17) is 0 Å². The van der Waals surface area contributed by atoms with Crippen molar-refractivity contribution < 1.29 is 0 Å². The lowest BCUT2D eigenvalue weighted by Gasteiger charge is -1.49. The van der Waals surface area contributed by atoms with Crippen LogP contribution >= 0.6 is 11.5 Å². The van der Waals surface area contributed by atoms with Crippen molar-refractivity contribution in [3.8, 4) is 0 Å². The zero-order chi connectivity index (χ0) is 13.1. The van der Waals surface area contributed by atoms with Gasteiger partial charge in [-0.3, -0.25) is 5.10 Å². The summed E-state index contributed by atoms with van der Waals surface area (Å²) in [5.74, 6) is 0. The average molecular weight is 244 g/mol. The second-order valence-electron chi connectivity index (χ2n) is 1.45. The van der Waals surface area contributed by atoms with Gasteiger partial charge in [0, 0.05) is 24.0 Å². The number of hydrogen-bond acceptors (Lipinski definition) is 4. The molecule has 2 aromatic rings. The van der Waals surface area contributed by atoms with Crippen LogP contribution < -0.4 is 5.73 Å². The summed E-state index contributed by atoms with van der Waals surface area (Å²) in [5.41, 5.74) is 4.50. The van der Waals surface area contributed by atoms with Crippen LogP contribution in [0.5, 0.6) is 0 Å². The van der Waals surface area contributed by atoms with E-state index in [2.05, 4.69) is 20.3 Å². The molecule has 0 atom stereocenters. The van der Waals surface area contributed by atoms with E-state index in [1.54, 1.807) is 18.6 Å². The molecule has 0 unspecified atom stereocenters. The molecule has 0 radical (unpaired) electrons. The zero-order valence-corrected chi connectivity index (χ0v) is 11.7. The van der Waals surface area contributed by atoms with E-state index in [9.17, 15) is 0 Å². The summed E-state index contributed by atoms with van der Waals surface area (Å²) < 4.78 is 3.76. The third-order valence-corrected chi connectivity index (χ3v) is 1.28. The van der Waals surface area contributed by atoms with Crippen molar-refractivity contribution in [1.29, 1.82) is 0 Å². The van der Waals surface area contributed by atoms with Crippen molar-refractivity contribution in [3.05, 3.63) is 36.1 Å². The first-order valence-electron chi connectivity index (χ1n) is 5.36. The maximum atomic E-state index is 4.50. The van der Waals surface area contributed by atoms with Gasteiger partial charge in [0.1, 0.15) is 0 Å². The second kappa shape index (κ2) is 29.2. The number of rotatable bonds is 0. The molecule has 16 heavy (non-hydrogen) atoms. The molecule has 0 saturated heterocycles. The van der Waals surface area contributed by atoms with E-state index < -0.39 is 0 Å². The first-order chi connectivity index (χ1) is 8.00. The van der Waals surface area contributed by atoms with Crippen LogP contribution in [-0.4, -0.2) is 21.6 Å². The van der Waals surface area contributed by atoms with E-state index in [1.807, 2.05) is 45.2 Å². The molecule has 0 fully saturated rings. The summed E-state index contributed by atoms with van der Waals surface area (Å²) in [6, 6.07) is 3.74. The molecule has 0 saturated carbocycles. The second-order valence-corrected chi connectivity index (χ2v) is 2.15. The standard InChI is InChI=1S/C3H4N2.C3H3NS.2C2H6.CH5N/c2*1-2-4-5-3-1;3*1-2/h1-3H,(H,4,5);1-3H;2*1-2H3;2H2,1H3. The fourth-order valence-electron chi connectivity index (χ4n) is 0.391. The summed E-state index contributed by atoms with van der Waals surface area (Å²) >= 11 is 1.46. The van der Waals surface area contributed by atoms with Gasteiger partial charge < -0.3 is 5.73 Å². The van der Waals surface area contributed by atoms with Gasteiger partial charge in [-0.05, 0) is 30.7 Å². The van der Waals surface area contributed by atoms with E-state index in [-0.39, 0.29) is 0 Å². The highest BCUT2D eigenvalue weighted by molar-refractivity contribution is 7.03. The van der Waals surface area contributed by atoms with Gasteiger partial charge in [-0.2, -0.15) is 5.10 Å². The van der Waals surface area contributed by atoms with Crippen LogP contribution in [0.2, 0.25) is 0 Å². The number of nitrogens with zero attached hydrogens (tertiary/aromatic N) is 2. The maximum Gasteiger partial charge on any atom is 0.0487 e. The van der Waals surface area contributed by atoms with Crippen molar-refractivity contribution in [1.82, 2.24) is 14.6 Å². The van der Waals surface area contributed by atoms with E-state index in [0.717, 1.165) is 0 Å². The highest BCUT2D eigenvalue weighted by Crippen LogP contribution is 1.83. The lowest BCUT2D eigenvalue weighted by molar-refractivity contribution is 1.09. The van der Waals surface area contributed by atoms with Crippen LogP contribution in [0.4, 0.5) is 0 Å². The fraction of sp³-hybridized carbons (Fsp3) is 0.455. The Morgan fingerprint density at radius 1 is 1.00 bits per heavy atom. The first kappa shape index (κ1) is 20.2.